The summed E-state index contributed by atoms with van der Waals surface area (Å²) in [4.78, 5) is 41.8. The molecule has 14 heteroatoms. The lowest BCUT2D eigenvalue weighted by atomic mass is 10.0. The van der Waals surface area contributed by atoms with Gasteiger partial charge in [0, 0.05) is 57.6 Å². The Balaban J connectivity index is 1.41. The number of rotatable bonds is 6. The van der Waals surface area contributed by atoms with Crippen LogP contribution < -0.4 is 20.0 Å². The van der Waals surface area contributed by atoms with Crippen LogP contribution in [0.2, 0.25) is 10.0 Å². The first-order chi connectivity index (χ1) is 21.1. The number of para-hydroxylation sites is 1. The first-order valence-electron chi connectivity index (χ1n) is 14.4. The summed E-state index contributed by atoms with van der Waals surface area (Å²) in [6.07, 6.45) is 0.447. The van der Waals surface area contributed by atoms with Crippen molar-refractivity contribution < 1.29 is 23.1 Å². The van der Waals surface area contributed by atoms with Crippen LogP contribution in [0, 0.1) is 0 Å². The van der Waals surface area contributed by atoms with Crippen LogP contribution in [0.15, 0.2) is 42.6 Å². The van der Waals surface area contributed by atoms with Crippen molar-refractivity contribution in [1.82, 2.24) is 14.9 Å². The Morgan fingerprint density at radius 2 is 1.80 bits per heavy atom. The maximum atomic E-state index is 13.9. The van der Waals surface area contributed by atoms with Gasteiger partial charge in [-0.05, 0) is 56.7 Å². The van der Waals surface area contributed by atoms with Gasteiger partial charge in [0.05, 0.1) is 28.9 Å². The molecular formula is C31H35Cl2F2N7O3. The molecule has 0 spiro atoms. The van der Waals surface area contributed by atoms with E-state index in [1.807, 2.05) is 17.0 Å². The number of carbonyl (C=O) groups excluding carboxylic acids is 2. The normalized spacial score (nSPS) is 16.4. The van der Waals surface area contributed by atoms with Gasteiger partial charge in [0.2, 0.25) is 5.95 Å². The van der Waals surface area contributed by atoms with E-state index < -0.39 is 17.6 Å². The number of aromatic nitrogens is 2. The highest BCUT2D eigenvalue weighted by atomic mass is 35.5. The third-order valence-corrected chi connectivity index (χ3v) is 8.06. The van der Waals surface area contributed by atoms with Gasteiger partial charge in [0.15, 0.2) is 0 Å². The molecule has 240 valence electrons. The summed E-state index contributed by atoms with van der Waals surface area (Å²) >= 11 is 12.8. The number of hydrogen-bond acceptors (Lipinski definition) is 8. The summed E-state index contributed by atoms with van der Waals surface area (Å²) in [5.41, 5.74) is 2.11. The van der Waals surface area contributed by atoms with Crippen molar-refractivity contribution in [3.8, 4) is 0 Å². The Morgan fingerprint density at radius 1 is 1.13 bits per heavy atom. The summed E-state index contributed by atoms with van der Waals surface area (Å²) in [5, 5.41) is 3.88. The molecule has 0 aliphatic carbocycles. The maximum Gasteiger partial charge on any atom is 0.410 e. The second kappa shape index (κ2) is 12.5. The van der Waals surface area contributed by atoms with E-state index in [2.05, 4.69) is 15.3 Å². The average molecular weight is 663 g/mol. The van der Waals surface area contributed by atoms with Crippen LogP contribution in [0.25, 0.3) is 0 Å². The van der Waals surface area contributed by atoms with E-state index in [-0.39, 0.29) is 56.6 Å². The van der Waals surface area contributed by atoms with E-state index in [1.165, 1.54) is 16.0 Å². The predicted octanol–water partition coefficient (Wildman–Crippen LogP) is 7.18. The summed E-state index contributed by atoms with van der Waals surface area (Å²) in [6.45, 7) is 6.08. The summed E-state index contributed by atoms with van der Waals surface area (Å²) in [6, 6.07) is 10.5. The SMILES string of the molecule is CN(Cc1cc(Nc2ncc3c(n2)N(C)CN(c2c(Cl)cccc2Cl)C3=O)ccc1N1CCC(F)(F)CC1)C(=O)OC(C)(C)C. The van der Waals surface area contributed by atoms with Crippen molar-refractivity contribution in [2.75, 3.05) is 53.9 Å². The summed E-state index contributed by atoms with van der Waals surface area (Å²) in [5.74, 6) is -2.36. The smallest absolute Gasteiger partial charge is 0.410 e. The molecule has 2 aliphatic rings. The fraction of sp³-hybridized carbons (Fsp3) is 0.419. The van der Waals surface area contributed by atoms with Crippen LogP contribution in [0.5, 0.6) is 0 Å². The molecule has 5 rings (SSSR count). The van der Waals surface area contributed by atoms with Gasteiger partial charge in [0.25, 0.3) is 11.8 Å². The minimum atomic E-state index is -2.69. The van der Waals surface area contributed by atoms with Gasteiger partial charge < -0.3 is 24.8 Å². The molecule has 1 N–H and O–H groups in total. The molecule has 3 heterocycles. The number of ether oxygens (including phenoxy) is 1. The van der Waals surface area contributed by atoms with E-state index in [0.29, 0.717) is 27.2 Å². The number of benzene rings is 2. The number of nitrogens with zero attached hydrogens (tertiary/aromatic N) is 6. The van der Waals surface area contributed by atoms with Gasteiger partial charge in [-0.25, -0.2) is 18.6 Å². The minimum Gasteiger partial charge on any atom is -0.444 e. The fourth-order valence-corrected chi connectivity index (χ4v) is 5.85. The number of hydrogen-bond donors (Lipinski definition) is 1. The van der Waals surface area contributed by atoms with E-state index in [1.54, 1.807) is 64.0 Å². The molecule has 1 aromatic heterocycles. The van der Waals surface area contributed by atoms with Gasteiger partial charge in [-0.3, -0.25) is 9.69 Å². The molecule has 10 nitrogen and oxygen atoms in total. The molecule has 0 unspecified atom stereocenters. The number of halogens is 4. The lowest BCUT2D eigenvalue weighted by Gasteiger charge is -2.35. The number of piperidine rings is 1. The van der Waals surface area contributed by atoms with Crippen molar-refractivity contribution in [3.63, 3.8) is 0 Å². The first kappa shape index (κ1) is 32.5. The molecule has 1 fully saturated rings. The largest absolute Gasteiger partial charge is 0.444 e. The highest BCUT2D eigenvalue weighted by Gasteiger charge is 2.35. The van der Waals surface area contributed by atoms with Crippen LogP contribution in [0.1, 0.15) is 49.5 Å². The summed E-state index contributed by atoms with van der Waals surface area (Å²) in [7, 11) is 3.42. The van der Waals surface area contributed by atoms with Gasteiger partial charge in [-0.15, -0.1) is 0 Å². The van der Waals surface area contributed by atoms with Crippen molar-refractivity contribution in [1.29, 1.82) is 0 Å². The molecule has 1 saturated heterocycles. The maximum absolute atomic E-state index is 13.9. The fourth-order valence-electron chi connectivity index (χ4n) is 5.24. The van der Waals surface area contributed by atoms with Crippen molar-refractivity contribution >= 4 is 64.0 Å². The Morgan fingerprint density at radius 3 is 2.44 bits per heavy atom. The zero-order valence-corrected chi connectivity index (χ0v) is 27.2. The molecule has 2 amide bonds. The minimum absolute atomic E-state index is 0.163. The zero-order chi connectivity index (χ0) is 32.7. The molecule has 0 bridgehead atoms. The van der Waals surface area contributed by atoms with Crippen LogP contribution >= 0.6 is 23.2 Å². The van der Waals surface area contributed by atoms with Crippen LogP contribution in [0.4, 0.5) is 42.4 Å². The molecule has 0 saturated carbocycles. The monoisotopic (exact) mass is 661 g/mol. The molecule has 45 heavy (non-hydrogen) atoms. The zero-order valence-electron chi connectivity index (χ0n) is 25.7. The van der Waals surface area contributed by atoms with Gasteiger partial charge in [-0.2, -0.15) is 4.98 Å². The number of amides is 2. The molecule has 2 aromatic carbocycles. The molecule has 3 aromatic rings. The number of anilines is 5. The lowest BCUT2D eigenvalue weighted by Crippen LogP contribution is -2.46. The molecule has 2 aliphatic heterocycles. The number of carbonyl (C=O) groups is 2. The van der Waals surface area contributed by atoms with E-state index in [0.717, 1.165) is 11.3 Å². The Hall–Kier alpha value is -3.90. The number of alkyl halides is 2. The van der Waals surface area contributed by atoms with Gasteiger partial charge in [0.1, 0.15) is 17.0 Å². The third-order valence-electron chi connectivity index (χ3n) is 7.45. The molecule has 0 atom stereocenters. The Kier molecular flexibility index (Phi) is 9.01. The predicted molar refractivity (Wildman–Crippen MR) is 172 cm³/mol. The van der Waals surface area contributed by atoms with Crippen molar-refractivity contribution in [2.24, 2.45) is 0 Å². The van der Waals surface area contributed by atoms with Gasteiger partial charge in [-0.1, -0.05) is 29.3 Å². The quantitative estimate of drug-likeness (QED) is 0.297. The summed E-state index contributed by atoms with van der Waals surface area (Å²) < 4.78 is 33.4. The van der Waals surface area contributed by atoms with E-state index >= 15 is 0 Å². The number of fused-ring (bicyclic) bond motifs is 1. The average Bonchev–Trinajstić information content (AvgIpc) is 2.95. The van der Waals surface area contributed by atoms with Crippen LogP contribution in [-0.4, -0.2) is 72.2 Å². The highest BCUT2D eigenvalue weighted by Crippen LogP contribution is 2.38. The van der Waals surface area contributed by atoms with Crippen LogP contribution in [0.3, 0.4) is 0 Å². The van der Waals surface area contributed by atoms with E-state index in [4.69, 9.17) is 27.9 Å². The van der Waals surface area contributed by atoms with E-state index in [9.17, 15) is 18.4 Å². The second-order valence-corrected chi connectivity index (χ2v) is 13.0. The lowest BCUT2D eigenvalue weighted by molar-refractivity contribution is -0.0220. The highest BCUT2D eigenvalue weighted by molar-refractivity contribution is 6.40. The first-order valence-corrected chi connectivity index (χ1v) is 15.2. The number of nitrogens with one attached hydrogen (secondary N) is 1. The van der Waals surface area contributed by atoms with Gasteiger partial charge >= 0.3 is 6.09 Å². The third kappa shape index (κ3) is 7.33. The topological polar surface area (TPSA) is 94.1 Å². The van der Waals surface area contributed by atoms with Crippen molar-refractivity contribution in [2.45, 2.75) is 51.7 Å². The van der Waals surface area contributed by atoms with Crippen LogP contribution in [-0.2, 0) is 11.3 Å². The van der Waals surface area contributed by atoms with Crippen molar-refractivity contribution in [3.05, 3.63) is 63.8 Å². The molecule has 0 radical (unpaired) electrons. The Labute approximate surface area is 270 Å². The standard InChI is InChI=1S/C31H35Cl2F2N7O3/c1-30(2,3)45-29(44)39(4)17-19-15-20(9-10-24(19)41-13-11-31(34,35)12-14-41)37-28-36-16-21-26(38-28)40(5)18-42(27(21)43)25-22(32)7-6-8-23(25)33/h6-10,15-16H,11-14,17-18H2,1-5H3,(H,36,37,38). The Bertz CT molecular complexity index is 1590. The second-order valence-electron chi connectivity index (χ2n) is 12.2. The molecular weight excluding hydrogens is 627 g/mol.